The molecule has 0 spiro atoms. The number of benzene rings is 1. The van der Waals surface area contributed by atoms with Gasteiger partial charge in [-0.2, -0.15) is 0 Å². The van der Waals surface area contributed by atoms with Gasteiger partial charge in [0, 0.05) is 17.6 Å². The van der Waals surface area contributed by atoms with Crippen molar-refractivity contribution in [2.24, 2.45) is 17.0 Å². The third-order valence-corrected chi connectivity index (χ3v) is 4.85. The van der Waals surface area contributed by atoms with Gasteiger partial charge in [0.25, 0.3) is 0 Å². The first-order valence-electron chi connectivity index (χ1n) is 6.76. The quantitative estimate of drug-likeness (QED) is 0.647. The Morgan fingerprint density at radius 2 is 1.65 bits per heavy atom. The Hall–Kier alpha value is -2.23. The van der Waals surface area contributed by atoms with Crippen LogP contribution in [0, 0.1) is 11.8 Å². The summed E-state index contributed by atoms with van der Waals surface area (Å²) in [6, 6.07) is 5.24. The number of carboxylic acids is 1. The summed E-state index contributed by atoms with van der Waals surface area (Å²) in [7, 11) is -3.82. The SMILES string of the molecule is NS(=O)(=O)c1ccc(NC(=O)[C@@H]2[C@@H](C(=O)[O-])[C@H]3C=C[C@@H]2O3)cc1. The zero-order valence-corrected chi connectivity index (χ0v) is 12.5. The maximum absolute atomic E-state index is 12.3. The summed E-state index contributed by atoms with van der Waals surface area (Å²) >= 11 is 0. The number of amides is 1. The summed E-state index contributed by atoms with van der Waals surface area (Å²) in [4.78, 5) is 23.5. The average Bonchev–Trinajstić information content (AvgIpc) is 3.07. The van der Waals surface area contributed by atoms with E-state index in [0.29, 0.717) is 5.69 Å². The summed E-state index contributed by atoms with van der Waals surface area (Å²) in [6.45, 7) is 0. The van der Waals surface area contributed by atoms with Crippen LogP contribution in [0.1, 0.15) is 0 Å². The zero-order valence-electron chi connectivity index (χ0n) is 11.7. The molecule has 0 radical (unpaired) electrons. The molecular weight excluding hydrogens is 324 g/mol. The van der Waals surface area contributed by atoms with Crippen LogP contribution in [-0.2, 0) is 24.3 Å². The van der Waals surface area contributed by atoms with Gasteiger partial charge in [0.05, 0.1) is 23.0 Å². The second kappa shape index (κ2) is 5.44. The van der Waals surface area contributed by atoms with E-state index >= 15 is 0 Å². The molecule has 0 saturated carbocycles. The Balaban J connectivity index is 1.77. The normalized spacial score (nSPS) is 28.7. The van der Waals surface area contributed by atoms with E-state index in [-0.39, 0.29) is 4.90 Å². The van der Waals surface area contributed by atoms with E-state index in [1.165, 1.54) is 24.3 Å². The molecule has 122 valence electrons. The minimum Gasteiger partial charge on any atom is -0.550 e. The minimum absolute atomic E-state index is 0.0886. The number of rotatable bonds is 4. The predicted octanol–water partition coefficient (Wildman–Crippen LogP) is -1.41. The molecule has 2 aliphatic rings. The van der Waals surface area contributed by atoms with Crippen molar-refractivity contribution in [2.75, 3.05) is 5.32 Å². The standard InChI is InChI=1S/C14H14N2O6S/c15-23(20,21)8-3-1-7(2-4-8)16-13(17)11-9-5-6-10(22-9)12(11)14(18)19/h1-6,9-12H,(H,16,17)(H,18,19)(H2,15,20,21)/p-1/t9-,10+,11-,12-/m0/s1. The highest BCUT2D eigenvalue weighted by Gasteiger charge is 2.50. The number of nitrogens with two attached hydrogens (primary N) is 1. The number of hydrogen-bond acceptors (Lipinski definition) is 6. The van der Waals surface area contributed by atoms with Gasteiger partial charge >= 0.3 is 0 Å². The topological polar surface area (TPSA) is 139 Å². The molecule has 1 aromatic rings. The number of carboxylic acid groups (broad SMARTS) is 1. The second-order valence-corrected chi connectivity index (χ2v) is 6.94. The highest BCUT2D eigenvalue weighted by Crippen LogP contribution is 2.39. The first-order chi connectivity index (χ1) is 10.8. The summed E-state index contributed by atoms with van der Waals surface area (Å²) in [5.41, 5.74) is 0.325. The molecule has 8 nitrogen and oxygen atoms in total. The van der Waals surface area contributed by atoms with Crippen LogP contribution in [0.4, 0.5) is 5.69 Å². The first-order valence-corrected chi connectivity index (χ1v) is 8.30. The van der Waals surface area contributed by atoms with Crippen LogP contribution < -0.4 is 15.6 Å². The number of ether oxygens (including phenoxy) is 1. The molecule has 1 aromatic carbocycles. The summed E-state index contributed by atoms with van der Waals surface area (Å²) < 4.78 is 27.7. The van der Waals surface area contributed by atoms with E-state index in [1.54, 1.807) is 12.2 Å². The van der Waals surface area contributed by atoms with Crippen molar-refractivity contribution in [3.05, 3.63) is 36.4 Å². The van der Waals surface area contributed by atoms with Gasteiger partial charge in [-0.05, 0) is 24.3 Å². The Morgan fingerprint density at radius 3 is 2.17 bits per heavy atom. The molecule has 0 unspecified atom stereocenters. The highest BCUT2D eigenvalue weighted by atomic mass is 32.2. The van der Waals surface area contributed by atoms with Crippen LogP contribution in [0.25, 0.3) is 0 Å². The Morgan fingerprint density at radius 1 is 1.09 bits per heavy atom. The molecule has 1 amide bonds. The monoisotopic (exact) mass is 337 g/mol. The molecule has 9 heteroatoms. The summed E-state index contributed by atoms with van der Waals surface area (Å²) in [5.74, 6) is -3.81. The maximum Gasteiger partial charge on any atom is 0.238 e. The third-order valence-electron chi connectivity index (χ3n) is 3.92. The number of anilines is 1. The van der Waals surface area contributed by atoms with Gasteiger partial charge in [0.15, 0.2) is 0 Å². The fraction of sp³-hybridized carbons (Fsp3) is 0.286. The van der Waals surface area contributed by atoms with Crippen LogP contribution in [0.2, 0.25) is 0 Å². The molecule has 0 aliphatic carbocycles. The van der Waals surface area contributed by atoms with Crippen molar-refractivity contribution in [1.29, 1.82) is 0 Å². The maximum atomic E-state index is 12.3. The van der Waals surface area contributed by atoms with Crippen LogP contribution in [0.3, 0.4) is 0 Å². The molecule has 2 heterocycles. The van der Waals surface area contributed by atoms with Crippen LogP contribution >= 0.6 is 0 Å². The summed E-state index contributed by atoms with van der Waals surface area (Å²) in [5, 5.41) is 18.8. The Kier molecular flexibility index (Phi) is 3.71. The lowest BCUT2D eigenvalue weighted by molar-refractivity contribution is -0.313. The van der Waals surface area contributed by atoms with Crippen LogP contribution in [-0.4, -0.2) is 32.5 Å². The number of primary sulfonamides is 1. The summed E-state index contributed by atoms with van der Waals surface area (Å²) in [6.07, 6.45) is 1.99. The molecule has 3 rings (SSSR count). The van der Waals surface area contributed by atoms with Crippen molar-refractivity contribution >= 4 is 27.6 Å². The van der Waals surface area contributed by atoms with Gasteiger partial charge in [-0.3, -0.25) is 4.79 Å². The molecule has 4 atom stereocenters. The molecule has 1 saturated heterocycles. The number of sulfonamides is 1. The van der Waals surface area contributed by atoms with Crippen LogP contribution in [0.15, 0.2) is 41.3 Å². The lowest BCUT2D eigenvalue weighted by Crippen LogP contribution is -2.45. The van der Waals surface area contributed by atoms with E-state index in [9.17, 15) is 23.1 Å². The molecular formula is C14H13N2O6S-. The van der Waals surface area contributed by atoms with Gasteiger partial charge < -0.3 is 20.0 Å². The molecule has 1 fully saturated rings. The molecule has 3 N–H and O–H groups in total. The van der Waals surface area contributed by atoms with E-state index < -0.39 is 45.9 Å². The molecule has 23 heavy (non-hydrogen) atoms. The largest absolute Gasteiger partial charge is 0.550 e. The van der Waals surface area contributed by atoms with Crippen LogP contribution in [0.5, 0.6) is 0 Å². The smallest absolute Gasteiger partial charge is 0.238 e. The zero-order chi connectivity index (χ0) is 16.8. The van der Waals surface area contributed by atoms with Crippen molar-refractivity contribution in [2.45, 2.75) is 17.1 Å². The molecule has 2 bridgehead atoms. The number of nitrogens with one attached hydrogen (secondary N) is 1. The van der Waals surface area contributed by atoms with E-state index in [0.717, 1.165) is 0 Å². The Bertz CT molecular complexity index is 786. The van der Waals surface area contributed by atoms with E-state index in [1.807, 2.05) is 0 Å². The van der Waals surface area contributed by atoms with E-state index in [4.69, 9.17) is 9.88 Å². The minimum atomic E-state index is -3.82. The first kappa shape index (κ1) is 15.7. The van der Waals surface area contributed by atoms with Crippen molar-refractivity contribution < 1.29 is 27.9 Å². The van der Waals surface area contributed by atoms with Gasteiger partial charge in [0.2, 0.25) is 15.9 Å². The molecule has 0 aromatic heterocycles. The number of carbonyl (C=O) groups is 2. The van der Waals surface area contributed by atoms with Gasteiger partial charge in [0.1, 0.15) is 0 Å². The highest BCUT2D eigenvalue weighted by molar-refractivity contribution is 7.89. The fourth-order valence-electron chi connectivity index (χ4n) is 2.86. The predicted molar refractivity (Wildman–Crippen MR) is 76.2 cm³/mol. The van der Waals surface area contributed by atoms with Crippen molar-refractivity contribution in [3.63, 3.8) is 0 Å². The van der Waals surface area contributed by atoms with Gasteiger partial charge in [-0.1, -0.05) is 12.2 Å². The second-order valence-electron chi connectivity index (χ2n) is 5.38. The molecule has 2 aliphatic heterocycles. The number of fused-ring (bicyclic) bond motifs is 2. The van der Waals surface area contributed by atoms with E-state index in [2.05, 4.69) is 5.32 Å². The fourth-order valence-corrected chi connectivity index (χ4v) is 3.37. The number of aliphatic carboxylic acids is 1. The van der Waals surface area contributed by atoms with Gasteiger partial charge in [-0.15, -0.1) is 0 Å². The number of hydrogen-bond donors (Lipinski definition) is 2. The Labute approximate surface area is 132 Å². The van der Waals surface area contributed by atoms with Gasteiger partial charge in [-0.25, -0.2) is 13.6 Å². The number of carbonyl (C=O) groups excluding carboxylic acids is 2. The van der Waals surface area contributed by atoms with Crippen molar-refractivity contribution in [1.82, 2.24) is 0 Å². The van der Waals surface area contributed by atoms with Crippen molar-refractivity contribution in [3.8, 4) is 0 Å². The lowest BCUT2D eigenvalue weighted by atomic mass is 9.82. The third kappa shape index (κ3) is 2.85. The average molecular weight is 337 g/mol. The lowest BCUT2D eigenvalue weighted by Gasteiger charge is -2.24.